The Bertz CT molecular complexity index is 1840. The molecule has 0 atom stereocenters. The molecule has 3 aromatic carbocycles. The van der Waals surface area contributed by atoms with E-state index in [1.165, 1.54) is 41.8 Å². The molecule has 0 saturated heterocycles. The van der Waals surface area contributed by atoms with E-state index in [9.17, 15) is 18.0 Å². The molecule has 11 heteroatoms. The number of hydrogen-bond acceptors (Lipinski definition) is 5. The fourth-order valence-corrected chi connectivity index (χ4v) is 5.04. The highest BCUT2D eigenvalue weighted by atomic mass is 19.4. The molecule has 5 rings (SSSR count). The molecule has 2 aromatic heterocycles. The summed E-state index contributed by atoms with van der Waals surface area (Å²) in [6.07, 6.45) is 0.109. The molecule has 0 aliphatic rings. The molecule has 0 aliphatic heterocycles. The van der Waals surface area contributed by atoms with Crippen molar-refractivity contribution in [2.24, 2.45) is 0 Å². The first kappa shape index (κ1) is 32.0. The van der Waals surface area contributed by atoms with Crippen molar-refractivity contribution in [3.8, 4) is 34.3 Å². The van der Waals surface area contributed by atoms with E-state index in [1.807, 2.05) is 24.3 Å². The van der Waals surface area contributed by atoms with Crippen LogP contribution in [0, 0.1) is 6.92 Å². The molecular formula is C35H32F3N3O5. The maximum atomic E-state index is 13.0. The van der Waals surface area contributed by atoms with Gasteiger partial charge in [0.15, 0.2) is 11.5 Å². The van der Waals surface area contributed by atoms with Crippen molar-refractivity contribution >= 4 is 12.0 Å². The van der Waals surface area contributed by atoms with Gasteiger partial charge in [-0.1, -0.05) is 43.3 Å². The second-order valence-electron chi connectivity index (χ2n) is 10.4. The van der Waals surface area contributed by atoms with Gasteiger partial charge < -0.3 is 24.3 Å². The number of aliphatic carboxylic acids is 1. The summed E-state index contributed by atoms with van der Waals surface area (Å²) < 4.78 is 58.0. The van der Waals surface area contributed by atoms with Crippen LogP contribution in [0.2, 0.25) is 0 Å². The number of aromatic amines is 1. The van der Waals surface area contributed by atoms with Crippen LogP contribution in [0.1, 0.15) is 40.4 Å². The zero-order valence-electron chi connectivity index (χ0n) is 25.4. The number of carboxylic acid groups (broad SMARTS) is 1. The van der Waals surface area contributed by atoms with Gasteiger partial charge in [0.25, 0.3) is 0 Å². The van der Waals surface area contributed by atoms with Gasteiger partial charge in [0, 0.05) is 18.0 Å². The second kappa shape index (κ2) is 13.7. The van der Waals surface area contributed by atoms with E-state index in [1.54, 1.807) is 12.1 Å². The summed E-state index contributed by atoms with van der Waals surface area (Å²) in [5.41, 5.74) is 6.15. The molecule has 2 N–H and O–H groups in total. The highest BCUT2D eigenvalue weighted by Gasteiger charge is 2.30. The van der Waals surface area contributed by atoms with Gasteiger partial charge in [-0.2, -0.15) is 13.2 Å². The average molecular weight is 632 g/mol. The molecule has 0 aliphatic carbocycles. The lowest BCUT2D eigenvalue weighted by molar-refractivity contribution is -0.137. The lowest BCUT2D eigenvalue weighted by Crippen LogP contribution is -2.05. The zero-order valence-corrected chi connectivity index (χ0v) is 25.4. The van der Waals surface area contributed by atoms with E-state index >= 15 is 0 Å². The van der Waals surface area contributed by atoms with Crippen LogP contribution in [0.5, 0.6) is 17.4 Å². The smallest absolute Gasteiger partial charge is 0.416 e. The number of carboxylic acids is 1. The maximum Gasteiger partial charge on any atom is 0.416 e. The van der Waals surface area contributed by atoms with Crippen molar-refractivity contribution in [3.05, 3.63) is 119 Å². The van der Waals surface area contributed by atoms with E-state index in [0.717, 1.165) is 52.7 Å². The Morgan fingerprint density at radius 2 is 1.74 bits per heavy atom. The van der Waals surface area contributed by atoms with E-state index in [2.05, 4.69) is 36.1 Å². The van der Waals surface area contributed by atoms with E-state index in [4.69, 9.17) is 19.3 Å². The monoisotopic (exact) mass is 631 g/mol. The third-order valence-corrected chi connectivity index (χ3v) is 7.45. The number of benzene rings is 3. The number of rotatable bonds is 12. The molecule has 5 aromatic rings. The molecule has 0 spiro atoms. The van der Waals surface area contributed by atoms with Gasteiger partial charge in [-0.15, -0.1) is 5.10 Å². The van der Waals surface area contributed by atoms with Crippen molar-refractivity contribution in [2.75, 3.05) is 7.11 Å². The van der Waals surface area contributed by atoms with Crippen LogP contribution < -0.4 is 14.2 Å². The van der Waals surface area contributed by atoms with Crippen molar-refractivity contribution < 1.29 is 37.3 Å². The number of halogens is 3. The normalized spacial score (nSPS) is 11.6. The summed E-state index contributed by atoms with van der Waals surface area (Å²) in [6.45, 7) is 4.56. The van der Waals surface area contributed by atoms with Gasteiger partial charge in [-0.25, -0.2) is 9.48 Å². The largest absolute Gasteiger partial charge is 0.493 e. The predicted molar refractivity (Wildman–Crippen MR) is 167 cm³/mol. The first-order valence-corrected chi connectivity index (χ1v) is 14.4. The highest BCUT2D eigenvalue weighted by Crippen LogP contribution is 2.33. The number of methoxy groups -OCH3 is 1. The number of ether oxygens (including phenoxy) is 3. The van der Waals surface area contributed by atoms with E-state index in [0.29, 0.717) is 29.4 Å². The van der Waals surface area contributed by atoms with Crippen LogP contribution in [-0.4, -0.2) is 33.0 Å². The third kappa shape index (κ3) is 7.26. The third-order valence-electron chi connectivity index (χ3n) is 7.45. The van der Waals surface area contributed by atoms with Gasteiger partial charge in [0.2, 0.25) is 5.88 Å². The van der Waals surface area contributed by atoms with Gasteiger partial charge in [-0.3, -0.25) is 0 Å². The quantitative estimate of drug-likeness (QED) is 0.135. The highest BCUT2D eigenvalue weighted by molar-refractivity contribution is 5.85. The Morgan fingerprint density at radius 3 is 2.39 bits per heavy atom. The van der Waals surface area contributed by atoms with Crippen molar-refractivity contribution in [1.82, 2.24) is 14.8 Å². The first-order chi connectivity index (χ1) is 22.1. The van der Waals surface area contributed by atoms with Crippen LogP contribution in [0.3, 0.4) is 0 Å². The molecule has 0 saturated carbocycles. The van der Waals surface area contributed by atoms with Crippen LogP contribution in [-0.2, 0) is 30.6 Å². The van der Waals surface area contributed by atoms with Crippen LogP contribution in [0.15, 0.2) is 85.1 Å². The molecular weight excluding hydrogens is 599 g/mol. The van der Waals surface area contributed by atoms with E-state index in [-0.39, 0.29) is 12.5 Å². The number of nitrogens with one attached hydrogen (secondary N) is 1. The van der Waals surface area contributed by atoms with Crippen molar-refractivity contribution in [1.29, 1.82) is 0 Å². The predicted octanol–water partition coefficient (Wildman–Crippen LogP) is 8.02. The molecule has 2 heterocycles. The topological polar surface area (TPSA) is 98.6 Å². The van der Waals surface area contributed by atoms with Gasteiger partial charge >= 0.3 is 12.1 Å². The van der Waals surface area contributed by atoms with Crippen molar-refractivity contribution in [2.45, 2.75) is 39.7 Å². The summed E-state index contributed by atoms with van der Waals surface area (Å²) in [6, 6.07) is 19.9. The van der Waals surface area contributed by atoms with Crippen LogP contribution >= 0.6 is 0 Å². The number of carbonyl (C=O) groups is 1. The Morgan fingerprint density at radius 1 is 1.00 bits per heavy atom. The SMILES string of the molecule is CCc1c(-c2ccccc2)[nH]c(COc2ccc(COc3nn(-c4ccc(C(F)(F)F)cc4)cc3/C=C/C(=O)O)cc2OC)c1C. The van der Waals surface area contributed by atoms with Gasteiger partial charge in [-0.05, 0) is 78.1 Å². The van der Waals surface area contributed by atoms with Gasteiger partial charge in [0.1, 0.15) is 13.2 Å². The number of H-pyrrole nitrogens is 1. The molecule has 0 fully saturated rings. The van der Waals surface area contributed by atoms with E-state index < -0.39 is 17.7 Å². The lowest BCUT2D eigenvalue weighted by atomic mass is 10.0. The first-order valence-electron chi connectivity index (χ1n) is 14.4. The summed E-state index contributed by atoms with van der Waals surface area (Å²) >= 11 is 0. The Kier molecular flexibility index (Phi) is 9.50. The number of nitrogens with zero attached hydrogens (tertiary/aromatic N) is 2. The number of aromatic nitrogens is 3. The minimum absolute atomic E-state index is 0.0462. The number of alkyl halides is 3. The zero-order chi connectivity index (χ0) is 32.8. The molecule has 0 bridgehead atoms. The Balaban J connectivity index is 1.32. The molecule has 0 amide bonds. The fourth-order valence-electron chi connectivity index (χ4n) is 5.04. The minimum Gasteiger partial charge on any atom is -0.493 e. The summed E-state index contributed by atoms with van der Waals surface area (Å²) in [5, 5.41) is 13.5. The standard InChI is InChI=1S/C35H32F3N3O5/c1-4-28-22(2)29(39-33(28)24-8-6-5-7-9-24)21-45-30-16-10-23(18-31(30)44-3)20-46-34-25(11-17-32(42)43)19-41(40-34)27-14-12-26(13-15-27)35(36,37)38/h5-19,39H,4,20-21H2,1-3H3,(H,42,43)/b17-11+. The fraction of sp³-hybridized carbons (Fsp3) is 0.200. The maximum absolute atomic E-state index is 13.0. The minimum atomic E-state index is -4.47. The summed E-state index contributed by atoms with van der Waals surface area (Å²) in [5.74, 6) is -0.0491. The molecule has 8 nitrogen and oxygen atoms in total. The lowest BCUT2D eigenvalue weighted by Gasteiger charge is -2.13. The van der Waals surface area contributed by atoms with Crippen LogP contribution in [0.4, 0.5) is 13.2 Å². The average Bonchev–Trinajstić information content (AvgIpc) is 3.61. The Labute approximate surface area is 263 Å². The Hall–Kier alpha value is -5.45. The molecule has 0 unspecified atom stereocenters. The molecule has 238 valence electrons. The second-order valence-corrected chi connectivity index (χ2v) is 10.4. The number of hydrogen-bond donors (Lipinski definition) is 2. The van der Waals surface area contributed by atoms with Crippen molar-refractivity contribution in [3.63, 3.8) is 0 Å². The molecule has 46 heavy (non-hydrogen) atoms. The summed E-state index contributed by atoms with van der Waals surface area (Å²) in [7, 11) is 1.54. The summed E-state index contributed by atoms with van der Waals surface area (Å²) in [4.78, 5) is 14.7. The molecule has 0 radical (unpaired) electrons. The van der Waals surface area contributed by atoms with Gasteiger partial charge in [0.05, 0.1) is 29.6 Å². The van der Waals surface area contributed by atoms with Crippen LogP contribution in [0.25, 0.3) is 23.0 Å².